The van der Waals surface area contributed by atoms with Crippen LogP contribution in [-0.2, 0) is 16.0 Å². The Morgan fingerprint density at radius 3 is 2.30 bits per heavy atom. The molecule has 0 saturated heterocycles. The number of carbonyl (C=O) groups is 2. The SMILES string of the molecule is Cc1nc2ccc(C(=O)OCC(=O)NCCc3ccc(C(C)C)cc3)cc2nc1C. The maximum atomic E-state index is 12.3. The summed E-state index contributed by atoms with van der Waals surface area (Å²) in [7, 11) is 0. The first-order valence-corrected chi connectivity index (χ1v) is 10.1. The molecule has 2 aromatic carbocycles. The second kappa shape index (κ2) is 9.48. The second-order valence-electron chi connectivity index (χ2n) is 7.67. The first kappa shape index (κ1) is 21.4. The molecule has 0 fully saturated rings. The molecule has 0 atom stereocenters. The van der Waals surface area contributed by atoms with Crippen LogP contribution >= 0.6 is 0 Å². The molecule has 6 nitrogen and oxygen atoms in total. The number of aryl methyl sites for hydroxylation is 2. The Morgan fingerprint density at radius 2 is 1.63 bits per heavy atom. The smallest absolute Gasteiger partial charge is 0.338 e. The van der Waals surface area contributed by atoms with Crippen LogP contribution in [0.25, 0.3) is 11.0 Å². The summed E-state index contributed by atoms with van der Waals surface area (Å²) in [5.74, 6) is -0.387. The third-order valence-corrected chi connectivity index (χ3v) is 5.03. The van der Waals surface area contributed by atoms with Gasteiger partial charge in [0.05, 0.1) is 28.0 Å². The molecule has 0 saturated carbocycles. The van der Waals surface area contributed by atoms with Crippen LogP contribution in [0.2, 0.25) is 0 Å². The van der Waals surface area contributed by atoms with Gasteiger partial charge in [-0.1, -0.05) is 38.1 Å². The Balaban J connectivity index is 1.47. The number of carbonyl (C=O) groups excluding carboxylic acids is 2. The number of benzene rings is 2. The normalized spacial score (nSPS) is 11.0. The number of ether oxygens (including phenoxy) is 1. The standard InChI is InChI=1S/C24H27N3O3/c1-15(2)19-7-5-18(6-8-19)11-12-25-23(28)14-30-24(29)20-9-10-21-22(13-20)27-17(4)16(3)26-21/h5-10,13,15H,11-12,14H2,1-4H3,(H,25,28). The zero-order chi connectivity index (χ0) is 21.7. The van der Waals surface area contributed by atoms with Crippen LogP contribution in [0.5, 0.6) is 0 Å². The van der Waals surface area contributed by atoms with Crippen LogP contribution in [0.4, 0.5) is 0 Å². The van der Waals surface area contributed by atoms with E-state index in [0.29, 0.717) is 29.1 Å². The number of rotatable bonds is 7. The molecule has 0 spiro atoms. The van der Waals surface area contributed by atoms with Gasteiger partial charge in [-0.2, -0.15) is 0 Å². The number of esters is 1. The lowest BCUT2D eigenvalue weighted by Crippen LogP contribution is -2.30. The van der Waals surface area contributed by atoms with Crippen molar-refractivity contribution in [2.75, 3.05) is 13.2 Å². The lowest BCUT2D eigenvalue weighted by atomic mass is 10.0. The third kappa shape index (κ3) is 5.41. The van der Waals surface area contributed by atoms with Crippen molar-refractivity contribution >= 4 is 22.9 Å². The van der Waals surface area contributed by atoms with Crippen LogP contribution in [0, 0.1) is 13.8 Å². The van der Waals surface area contributed by atoms with Crippen molar-refractivity contribution in [1.29, 1.82) is 0 Å². The molecule has 1 aromatic heterocycles. The maximum absolute atomic E-state index is 12.3. The summed E-state index contributed by atoms with van der Waals surface area (Å²) in [6.45, 7) is 8.25. The van der Waals surface area contributed by atoms with Crippen molar-refractivity contribution in [3.05, 3.63) is 70.5 Å². The monoisotopic (exact) mass is 405 g/mol. The highest BCUT2D eigenvalue weighted by atomic mass is 16.5. The fraction of sp³-hybridized carbons (Fsp3) is 0.333. The van der Waals surface area contributed by atoms with Gasteiger partial charge in [0.1, 0.15) is 0 Å². The summed E-state index contributed by atoms with van der Waals surface area (Å²) >= 11 is 0. The van der Waals surface area contributed by atoms with Crippen LogP contribution in [-0.4, -0.2) is 35.0 Å². The van der Waals surface area contributed by atoms with Gasteiger partial charge in [-0.25, -0.2) is 14.8 Å². The van der Waals surface area contributed by atoms with Gasteiger partial charge in [0.2, 0.25) is 0 Å². The number of nitrogens with one attached hydrogen (secondary N) is 1. The number of amides is 1. The number of hydrogen-bond donors (Lipinski definition) is 1. The van der Waals surface area contributed by atoms with E-state index in [2.05, 4.69) is 53.4 Å². The number of fused-ring (bicyclic) bond motifs is 1. The Bertz CT molecular complexity index is 1060. The van der Waals surface area contributed by atoms with Crippen molar-refractivity contribution in [3.8, 4) is 0 Å². The van der Waals surface area contributed by atoms with Crippen LogP contribution in [0.1, 0.15) is 52.6 Å². The molecule has 0 aliphatic carbocycles. The number of aromatic nitrogens is 2. The molecule has 3 rings (SSSR count). The lowest BCUT2D eigenvalue weighted by molar-refractivity contribution is -0.124. The van der Waals surface area contributed by atoms with Crippen molar-refractivity contribution < 1.29 is 14.3 Å². The Labute approximate surface area is 176 Å². The highest BCUT2D eigenvalue weighted by Gasteiger charge is 2.12. The fourth-order valence-electron chi connectivity index (χ4n) is 3.04. The molecule has 1 heterocycles. The predicted octanol–water partition coefficient (Wildman–Crippen LogP) is 3.89. The summed E-state index contributed by atoms with van der Waals surface area (Å²) in [6.07, 6.45) is 0.722. The topological polar surface area (TPSA) is 81.2 Å². The van der Waals surface area contributed by atoms with E-state index in [1.807, 2.05) is 13.8 Å². The molecule has 1 N–H and O–H groups in total. The third-order valence-electron chi connectivity index (χ3n) is 5.03. The van der Waals surface area contributed by atoms with E-state index in [1.165, 1.54) is 5.56 Å². The summed E-state index contributed by atoms with van der Waals surface area (Å²) in [5, 5.41) is 2.78. The van der Waals surface area contributed by atoms with Gasteiger partial charge in [0.25, 0.3) is 5.91 Å². The van der Waals surface area contributed by atoms with Gasteiger partial charge in [0, 0.05) is 6.54 Å². The van der Waals surface area contributed by atoms with Crippen molar-refractivity contribution in [3.63, 3.8) is 0 Å². The number of nitrogens with zero attached hydrogens (tertiary/aromatic N) is 2. The first-order chi connectivity index (χ1) is 14.3. The van der Waals surface area contributed by atoms with Crippen molar-refractivity contribution in [1.82, 2.24) is 15.3 Å². The maximum Gasteiger partial charge on any atom is 0.338 e. The fourth-order valence-corrected chi connectivity index (χ4v) is 3.04. The molecule has 30 heavy (non-hydrogen) atoms. The van der Waals surface area contributed by atoms with Gasteiger partial charge in [-0.05, 0) is 55.5 Å². The minimum absolute atomic E-state index is 0.318. The summed E-state index contributed by atoms with van der Waals surface area (Å²) in [6, 6.07) is 13.4. The van der Waals surface area contributed by atoms with E-state index in [9.17, 15) is 9.59 Å². The van der Waals surface area contributed by atoms with Crippen LogP contribution < -0.4 is 5.32 Å². The molecular weight excluding hydrogens is 378 g/mol. The summed E-state index contributed by atoms with van der Waals surface area (Å²) < 4.78 is 5.14. The van der Waals surface area contributed by atoms with Crippen LogP contribution in [0.3, 0.4) is 0 Å². The summed E-state index contributed by atoms with van der Waals surface area (Å²) in [4.78, 5) is 33.2. The summed E-state index contributed by atoms with van der Waals surface area (Å²) in [5.41, 5.74) is 5.79. The quantitative estimate of drug-likeness (QED) is 0.603. The molecule has 1 amide bonds. The van der Waals surface area contributed by atoms with Crippen molar-refractivity contribution in [2.24, 2.45) is 0 Å². The van der Waals surface area contributed by atoms with Gasteiger partial charge in [-0.3, -0.25) is 4.79 Å². The first-order valence-electron chi connectivity index (χ1n) is 10.1. The lowest BCUT2D eigenvalue weighted by Gasteiger charge is -2.09. The van der Waals surface area contributed by atoms with E-state index in [1.54, 1.807) is 18.2 Å². The van der Waals surface area contributed by atoms with E-state index >= 15 is 0 Å². The molecule has 0 unspecified atom stereocenters. The minimum Gasteiger partial charge on any atom is -0.452 e. The molecule has 156 valence electrons. The Morgan fingerprint density at radius 1 is 0.967 bits per heavy atom. The highest BCUT2D eigenvalue weighted by Crippen LogP contribution is 2.16. The molecule has 0 bridgehead atoms. The molecular formula is C24H27N3O3. The van der Waals surface area contributed by atoms with Gasteiger partial charge < -0.3 is 10.1 Å². The molecule has 0 aliphatic rings. The average molecular weight is 405 g/mol. The van der Waals surface area contributed by atoms with Crippen molar-refractivity contribution in [2.45, 2.75) is 40.0 Å². The van der Waals surface area contributed by atoms with E-state index in [4.69, 9.17) is 4.74 Å². The Kier molecular flexibility index (Phi) is 6.77. The second-order valence-corrected chi connectivity index (χ2v) is 7.67. The zero-order valence-electron chi connectivity index (χ0n) is 17.9. The van der Waals surface area contributed by atoms with Gasteiger partial charge in [-0.15, -0.1) is 0 Å². The molecule has 6 heteroatoms. The molecule has 3 aromatic rings. The largest absolute Gasteiger partial charge is 0.452 e. The van der Waals surface area contributed by atoms with E-state index < -0.39 is 5.97 Å². The van der Waals surface area contributed by atoms with E-state index in [-0.39, 0.29) is 12.5 Å². The van der Waals surface area contributed by atoms with Gasteiger partial charge >= 0.3 is 5.97 Å². The zero-order valence-corrected chi connectivity index (χ0v) is 17.9. The van der Waals surface area contributed by atoms with E-state index in [0.717, 1.165) is 23.4 Å². The average Bonchev–Trinajstić information content (AvgIpc) is 2.73. The number of hydrogen-bond acceptors (Lipinski definition) is 5. The molecule has 0 aliphatic heterocycles. The van der Waals surface area contributed by atoms with Crippen LogP contribution in [0.15, 0.2) is 42.5 Å². The van der Waals surface area contributed by atoms with Gasteiger partial charge in [0.15, 0.2) is 6.61 Å². The highest BCUT2D eigenvalue weighted by molar-refractivity contribution is 5.94. The minimum atomic E-state index is -0.559. The Hall–Kier alpha value is -3.28. The predicted molar refractivity (Wildman–Crippen MR) is 117 cm³/mol. The molecule has 0 radical (unpaired) electrons.